The third kappa shape index (κ3) is 3.72. The van der Waals surface area contributed by atoms with Gasteiger partial charge in [0.25, 0.3) is 0 Å². The molecular formula is C13H26N2O. The maximum Gasteiger partial charge on any atom is 0.0702 e. The Kier molecular flexibility index (Phi) is 5.07. The summed E-state index contributed by atoms with van der Waals surface area (Å²) < 4.78 is 5.74. The van der Waals surface area contributed by atoms with E-state index < -0.39 is 0 Å². The maximum atomic E-state index is 5.74. The fraction of sp³-hybridized carbons (Fsp3) is 1.00. The normalized spacial score (nSPS) is 32.8. The van der Waals surface area contributed by atoms with Gasteiger partial charge in [0.05, 0.1) is 6.10 Å². The monoisotopic (exact) mass is 226 g/mol. The molecule has 2 saturated heterocycles. The van der Waals surface area contributed by atoms with Crippen molar-refractivity contribution in [2.24, 2.45) is 0 Å². The number of ether oxygens (including phenoxy) is 1. The summed E-state index contributed by atoms with van der Waals surface area (Å²) in [4.78, 5) is 2.59. The summed E-state index contributed by atoms with van der Waals surface area (Å²) in [5.41, 5.74) is 0. The van der Waals surface area contributed by atoms with E-state index in [4.69, 9.17) is 4.74 Å². The first-order chi connectivity index (χ1) is 7.88. The zero-order chi connectivity index (χ0) is 11.2. The molecule has 94 valence electrons. The highest BCUT2D eigenvalue weighted by Gasteiger charge is 2.23. The van der Waals surface area contributed by atoms with Crippen molar-refractivity contribution in [2.45, 2.75) is 51.2 Å². The highest BCUT2D eigenvalue weighted by Crippen LogP contribution is 2.15. The van der Waals surface area contributed by atoms with Crippen LogP contribution in [0.5, 0.6) is 0 Å². The Morgan fingerprint density at radius 3 is 2.94 bits per heavy atom. The van der Waals surface area contributed by atoms with Gasteiger partial charge in [0, 0.05) is 25.7 Å². The van der Waals surface area contributed by atoms with Crippen molar-refractivity contribution in [1.29, 1.82) is 0 Å². The van der Waals surface area contributed by atoms with Gasteiger partial charge in [0.1, 0.15) is 0 Å². The largest absolute Gasteiger partial charge is 0.377 e. The van der Waals surface area contributed by atoms with Crippen LogP contribution in [0.4, 0.5) is 0 Å². The van der Waals surface area contributed by atoms with Crippen LogP contribution in [0, 0.1) is 0 Å². The first kappa shape index (κ1) is 12.3. The van der Waals surface area contributed by atoms with Crippen LogP contribution in [0.2, 0.25) is 0 Å². The summed E-state index contributed by atoms with van der Waals surface area (Å²) in [6.07, 6.45) is 7.16. The molecule has 3 heteroatoms. The molecule has 2 heterocycles. The molecule has 0 aliphatic carbocycles. The van der Waals surface area contributed by atoms with Crippen LogP contribution >= 0.6 is 0 Å². The first-order valence-corrected chi connectivity index (χ1v) is 6.96. The molecule has 0 amide bonds. The van der Waals surface area contributed by atoms with Crippen molar-refractivity contribution >= 4 is 0 Å². The topological polar surface area (TPSA) is 24.5 Å². The van der Waals surface area contributed by atoms with E-state index in [1.807, 2.05) is 0 Å². The Morgan fingerprint density at radius 1 is 1.25 bits per heavy atom. The van der Waals surface area contributed by atoms with Crippen LogP contribution in [0.15, 0.2) is 0 Å². The summed E-state index contributed by atoms with van der Waals surface area (Å²) in [6, 6.07) is 0.731. The molecular weight excluding hydrogens is 200 g/mol. The lowest BCUT2D eigenvalue weighted by Crippen LogP contribution is -2.48. The molecule has 0 spiro atoms. The molecule has 2 aliphatic rings. The summed E-state index contributed by atoms with van der Waals surface area (Å²) in [6.45, 7) is 7.81. The van der Waals surface area contributed by atoms with Crippen LogP contribution in [0.25, 0.3) is 0 Å². The molecule has 0 bridgehead atoms. The average molecular weight is 226 g/mol. The van der Waals surface area contributed by atoms with Gasteiger partial charge < -0.3 is 10.1 Å². The molecule has 2 fully saturated rings. The lowest BCUT2D eigenvalue weighted by Gasteiger charge is -2.36. The molecule has 0 saturated carbocycles. The van der Waals surface area contributed by atoms with Crippen molar-refractivity contribution < 1.29 is 4.74 Å². The Labute approximate surface area is 99.5 Å². The predicted octanol–water partition coefficient (Wildman–Crippen LogP) is 1.63. The van der Waals surface area contributed by atoms with Crippen LogP contribution in [0.1, 0.15) is 39.0 Å². The molecule has 3 nitrogen and oxygen atoms in total. The molecule has 0 aromatic carbocycles. The van der Waals surface area contributed by atoms with Crippen LogP contribution in [-0.2, 0) is 4.74 Å². The van der Waals surface area contributed by atoms with Crippen molar-refractivity contribution in [1.82, 2.24) is 10.2 Å². The number of piperidine rings is 2. The Hall–Kier alpha value is -0.120. The van der Waals surface area contributed by atoms with E-state index >= 15 is 0 Å². The standard InChI is InChI=1S/C13H26N2O/c1-2-16-13-7-5-9-15(11-13)10-12-6-3-4-8-14-12/h12-14H,2-11H2,1H3. The third-order valence-electron chi connectivity index (χ3n) is 3.76. The van der Waals surface area contributed by atoms with Gasteiger partial charge in [0.2, 0.25) is 0 Å². The van der Waals surface area contributed by atoms with Gasteiger partial charge in [-0.1, -0.05) is 6.42 Å². The van der Waals surface area contributed by atoms with Crippen molar-refractivity contribution in [3.8, 4) is 0 Å². The maximum absolute atomic E-state index is 5.74. The van der Waals surface area contributed by atoms with Crippen LogP contribution in [-0.4, -0.2) is 49.8 Å². The second-order valence-corrected chi connectivity index (χ2v) is 5.13. The number of nitrogens with zero attached hydrogens (tertiary/aromatic N) is 1. The van der Waals surface area contributed by atoms with E-state index in [0.29, 0.717) is 6.10 Å². The highest BCUT2D eigenvalue weighted by molar-refractivity contribution is 4.80. The molecule has 1 N–H and O–H groups in total. The van der Waals surface area contributed by atoms with Crippen molar-refractivity contribution in [3.63, 3.8) is 0 Å². The van der Waals surface area contributed by atoms with Gasteiger partial charge in [-0.25, -0.2) is 0 Å². The zero-order valence-corrected chi connectivity index (χ0v) is 10.6. The number of nitrogens with one attached hydrogen (secondary N) is 1. The van der Waals surface area contributed by atoms with Gasteiger partial charge in [-0.05, 0) is 45.7 Å². The minimum atomic E-state index is 0.488. The lowest BCUT2D eigenvalue weighted by atomic mass is 10.0. The van der Waals surface area contributed by atoms with E-state index in [0.717, 1.165) is 19.2 Å². The van der Waals surface area contributed by atoms with E-state index in [1.165, 1.54) is 51.7 Å². The second kappa shape index (κ2) is 6.58. The van der Waals surface area contributed by atoms with E-state index in [9.17, 15) is 0 Å². The number of hydrogen-bond donors (Lipinski definition) is 1. The minimum absolute atomic E-state index is 0.488. The average Bonchev–Trinajstić information content (AvgIpc) is 2.31. The number of likely N-dealkylation sites (tertiary alicyclic amines) is 1. The minimum Gasteiger partial charge on any atom is -0.377 e. The molecule has 0 aromatic rings. The van der Waals surface area contributed by atoms with Crippen LogP contribution in [0.3, 0.4) is 0 Å². The third-order valence-corrected chi connectivity index (χ3v) is 3.76. The molecule has 2 unspecified atom stereocenters. The smallest absolute Gasteiger partial charge is 0.0702 e. The van der Waals surface area contributed by atoms with E-state index in [1.54, 1.807) is 0 Å². The molecule has 16 heavy (non-hydrogen) atoms. The van der Waals surface area contributed by atoms with Gasteiger partial charge in [-0.2, -0.15) is 0 Å². The first-order valence-electron chi connectivity index (χ1n) is 6.96. The Bertz CT molecular complexity index is 190. The lowest BCUT2D eigenvalue weighted by molar-refractivity contribution is 0.00284. The van der Waals surface area contributed by atoms with E-state index in [2.05, 4.69) is 17.1 Å². The summed E-state index contributed by atoms with van der Waals surface area (Å²) >= 11 is 0. The Balaban J connectivity index is 1.71. The fourth-order valence-corrected chi connectivity index (χ4v) is 2.94. The Morgan fingerprint density at radius 2 is 2.19 bits per heavy atom. The van der Waals surface area contributed by atoms with Crippen LogP contribution < -0.4 is 5.32 Å². The summed E-state index contributed by atoms with van der Waals surface area (Å²) in [7, 11) is 0. The van der Waals surface area contributed by atoms with Gasteiger partial charge in [-0.15, -0.1) is 0 Å². The fourth-order valence-electron chi connectivity index (χ4n) is 2.94. The number of rotatable bonds is 4. The summed E-state index contributed by atoms with van der Waals surface area (Å²) in [5.74, 6) is 0. The van der Waals surface area contributed by atoms with E-state index in [-0.39, 0.29) is 0 Å². The number of hydrogen-bond acceptors (Lipinski definition) is 3. The molecule has 2 aliphatic heterocycles. The molecule has 0 radical (unpaired) electrons. The van der Waals surface area contributed by atoms with Gasteiger partial charge in [0.15, 0.2) is 0 Å². The molecule has 2 rings (SSSR count). The quantitative estimate of drug-likeness (QED) is 0.788. The SMILES string of the molecule is CCOC1CCCN(CC2CCCCN2)C1. The predicted molar refractivity (Wildman–Crippen MR) is 66.7 cm³/mol. The summed E-state index contributed by atoms with van der Waals surface area (Å²) in [5, 5.41) is 3.63. The highest BCUT2D eigenvalue weighted by atomic mass is 16.5. The van der Waals surface area contributed by atoms with Crippen molar-refractivity contribution in [3.05, 3.63) is 0 Å². The zero-order valence-electron chi connectivity index (χ0n) is 10.6. The molecule has 0 aromatic heterocycles. The van der Waals surface area contributed by atoms with Crippen molar-refractivity contribution in [2.75, 3.05) is 32.8 Å². The second-order valence-electron chi connectivity index (χ2n) is 5.13. The van der Waals surface area contributed by atoms with Gasteiger partial charge >= 0.3 is 0 Å². The molecule has 2 atom stereocenters. The van der Waals surface area contributed by atoms with Gasteiger partial charge in [-0.3, -0.25) is 4.90 Å².